The highest BCUT2D eigenvalue weighted by atomic mass is 19.1. The Morgan fingerprint density at radius 1 is 1.05 bits per heavy atom. The van der Waals surface area contributed by atoms with Crippen molar-refractivity contribution in [3.63, 3.8) is 0 Å². The van der Waals surface area contributed by atoms with Crippen LogP contribution in [0.1, 0.15) is 25.3 Å². The third-order valence-corrected chi connectivity index (χ3v) is 3.04. The van der Waals surface area contributed by atoms with Crippen molar-refractivity contribution in [2.45, 2.75) is 26.3 Å². The molecule has 0 heterocycles. The Morgan fingerprint density at radius 3 is 2.55 bits per heavy atom. The zero-order valence-corrected chi connectivity index (χ0v) is 11.7. The number of hydrogen-bond acceptors (Lipinski definition) is 2. The first-order chi connectivity index (χ1) is 9.79. The minimum atomic E-state index is -0.211. The zero-order chi connectivity index (χ0) is 14.2. The van der Waals surface area contributed by atoms with E-state index in [1.54, 1.807) is 12.1 Å². The predicted octanol–water partition coefficient (Wildman–Crippen LogP) is 4.62. The average molecular weight is 273 g/mol. The maximum Gasteiger partial charge on any atom is 0.142 e. The van der Waals surface area contributed by atoms with Gasteiger partial charge in [-0.05, 0) is 36.2 Å². The fourth-order valence-corrected chi connectivity index (χ4v) is 1.86. The quantitative estimate of drug-likeness (QED) is 0.743. The molecular weight excluding hydrogens is 253 g/mol. The molecule has 0 saturated heterocycles. The molecule has 2 rings (SSSR count). The summed E-state index contributed by atoms with van der Waals surface area (Å²) in [6.07, 6.45) is 2.16. The molecule has 106 valence electrons. The number of anilines is 1. The molecule has 2 aromatic carbocycles. The van der Waals surface area contributed by atoms with E-state index in [2.05, 4.69) is 12.2 Å². The summed E-state index contributed by atoms with van der Waals surface area (Å²) in [4.78, 5) is 0. The van der Waals surface area contributed by atoms with Gasteiger partial charge in [0.1, 0.15) is 11.6 Å². The lowest BCUT2D eigenvalue weighted by atomic mass is 10.2. The van der Waals surface area contributed by atoms with Gasteiger partial charge in [-0.25, -0.2) is 4.39 Å². The summed E-state index contributed by atoms with van der Waals surface area (Å²) in [6.45, 7) is 3.52. The van der Waals surface area contributed by atoms with Crippen LogP contribution in [0.2, 0.25) is 0 Å². The van der Waals surface area contributed by atoms with Crippen molar-refractivity contribution in [1.29, 1.82) is 0 Å². The molecular formula is C17H20FNO. The minimum absolute atomic E-state index is 0.211. The molecule has 1 N–H and O–H groups in total. The van der Waals surface area contributed by atoms with E-state index < -0.39 is 0 Å². The van der Waals surface area contributed by atoms with Crippen LogP contribution < -0.4 is 10.1 Å². The highest BCUT2D eigenvalue weighted by Crippen LogP contribution is 2.24. The highest BCUT2D eigenvalue weighted by Gasteiger charge is 2.02. The second-order valence-corrected chi connectivity index (χ2v) is 4.68. The Hall–Kier alpha value is -2.03. The molecule has 0 saturated carbocycles. The molecule has 20 heavy (non-hydrogen) atoms. The van der Waals surface area contributed by atoms with Crippen LogP contribution >= 0.6 is 0 Å². The van der Waals surface area contributed by atoms with Gasteiger partial charge in [0.05, 0.1) is 12.3 Å². The van der Waals surface area contributed by atoms with Gasteiger partial charge in [0.25, 0.3) is 0 Å². The molecule has 2 nitrogen and oxygen atoms in total. The maximum atomic E-state index is 12.8. The predicted molar refractivity (Wildman–Crippen MR) is 80.6 cm³/mol. The van der Waals surface area contributed by atoms with Gasteiger partial charge in [0.15, 0.2) is 0 Å². The van der Waals surface area contributed by atoms with Crippen molar-refractivity contribution < 1.29 is 9.13 Å². The van der Waals surface area contributed by atoms with Gasteiger partial charge >= 0.3 is 0 Å². The number of para-hydroxylation sites is 2. The SMILES string of the molecule is CCCCOc1ccccc1NCc1ccc(F)cc1. The van der Waals surface area contributed by atoms with Crippen LogP contribution in [-0.2, 0) is 6.54 Å². The summed E-state index contributed by atoms with van der Waals surface area (Å²) in [7, 11) is 0. The van der Waals surface area contributed by atoms with E-state index >= 15 is 0 Å². The van der Waals surface area contributed by atoms with Crippen LogP contribution in [0, 0.1) is 5.82 Å². The Kier molecular flexibility index (Phi) is 5.42. The lowest BCUT2D eigenvalue weighted by Gasteiger charge is -2.13. The maximum absolute atomic E-state index is 12.8. The largest absolute Gasteiger partial charge is 0.491 e. The van der Waals surface area contributed by atoms with Gasteiger partial charge in [0.2, 0.25) is 0 Å². The van der Waals surface area contributed by atoms with E-state index in [0.717, 1.165) is 36.4 Å². The van der Waals surface area contributed by atoms with Gasteiger partial charge < -0.3 is 10.1 Å². The molecule has 2 aromatic rings. The third kappa shape index (κ3) is 4.26. The molecule has 0 aromatic heterocycles. The molecule has 0 atom stereocenters. The summed E-state index contributed by atoms with van der Waals surface area (Å²) in [5.41, 5.74) is 2.00. The van der Waals surface area contributed by atoms with E-state index in [9.17, 15) is 4.39 Å². The Morgan fingerprint density at radius 2 is 1.80 bits per heavy atom. The second-order valence-electron chi connectivity index (χ2n) is 4.68. The van der Waals surface area contributed by atoms with Crippen molar-refractivity contribution in [2.75, 3.05) is 11.9 Å². The molecule has 0 unspecified atom stereocenters. The number of benzene rings is 2. The first-order valence-corrected chi connectivity index (χ1v) is 6.99. The van der Waals surface area contributed by atoms with Crippen LogP contribution in [0.5, 0.6) is 5.75 Å². The molecule has 3 heteroatoms. The summed E-state index contributed by atoms with van der Waals surface area (Å²) >= 11 is 0. The van der Waals surface area contributed by atoms with Crippen LogP contribution in [0.15, 0.2) is 48.5 Å². The normalized spacial score (nSPS) is 10.3. The van der Waals surface area contributed by atoms with Crippen molar-refractivity contribution >= 4 is 5.69 Å². The first-order valence-electron chi connectivity index (χ1n) is 6.99. The molecule has 0 aliphatic carbocycles. The van der Waals surface area contributed by atoms with Crippen molar-refractivity contribution in [1.82, 2.24) is 0 Å². The van der Waals surface area contributed by atoms with Gasteiger partial charge in [0, 0.05) is 6.54 Å². The van der Waals surface area contributed by atoms with E-state index in [1.807, 2.05) is 24.3 Å². The van der Waals surface area contributed by atoms with Crippen molar-refractivity contribution in [2.24, 2.45) is 0 Å². The van der Waals surface area contributed by atoms with Crippen LogP contribution in [0.25, 0.3) is 0 Å². The lowest BCUT2D eigenvalue weighted by Crippen LogP contribution is -2.03. The summed E-state index contributed by atoms with van der Waals surface area (Å²) < 4.78 is 18.6. The van der Waals surface area contributed by atoms with E-state index in [-0.39, 0.29) is 5.82 Å². The molecule has 0 amide bonds. The number of rotatable bonds is 7. The topological polar surface area (TPSA) is 21.3 Å². The molecule has 0 fully saturated rings. The monoisotopic (exact) mass is 273 g/mol. The molecule has 0 bridgehead atoms. The fraction of sp³-hybridized carbons (Fsp3) is 0.294. The lowest BCUT2D eigenvalue weighted by molar-refractivity contribution is 0.310. The number of hydrogen-bond donors (Lipinski definition) is 1. The molecule has 0 spiro atoms. The van der Waals surface area contributed by atoms with Crippen LogP contribution in [0.3, 0.4) is 0 Å². The minimum Gasteiger partial charge on any atom is -0.491 e. The number of nitrogens with one attached hydrogen (secondary N) is 1. The average Bonchev–Trinajstić information content (AvgIpc) is 2.48. The van der Waals surface area contributed by atoms with Crippen molar-refractivity contribution in [3.05, 3.63) is 59.9 Å². The Balaban J connectivity index is 1.96. The van der Waals surface area contributed by atoms with Crippen LogP contribution in [-0.4, -0.2) is 6.61 Å². The van der Waals surface area contributed by atoms with Gasteiger partial charge in [-0.15, -0.1) is 0 Å². The van der Waals surface area contributed by atoms with E-state index in [4.69, 9.17) is 4.74 Å². The fourth-order valence-electron chi connectivity index (χ4n) is 1.86. The van der Waals surface area contributed by atoms with Gasteiger partial charge in [-0.3, -0.25) is 0 Å². The first kappa shape index (κ1) is 14.4. The highest BCUT2D eigenvalue weighted by molar-refractivity contribution is 5.56. The summed E-state index contributed by atoms with van der Waals surface area (Å²) in [6, 6.07) is 14.4. The standard InChI is InChI=1S/C17H20FNO/c1-2-3-12-20-17-7-5-4-6-16(17)19-13-14-8-10-15(18)11-9-14/h4-11,19H,2-3,12-13H2,1H3. The molecule has 0 radical (unpaired) electrons. The Labute approximate surface area is 119 Å². The van der Waals surface area contributed by atoms with E-state index in [0.29, 0.717) is 6.54 Å². The third-order valence-electron chi connectivity index (χ3n) is 3.04. The van der Waals surface area contributed by atoms with E-state index in [1.165, 1.54) is 12.1 Å². The van der Waals surface area contributed by atoms with Crippen molar-refractivity contribution in [3.8, 4) is 5.75 Å². The molecule has 0 aliphatic rings. The number of ether oxygens (including phenoxy) is 1. The second kappa shape index (κ2) is 7.53. The number of halogens is 1. The summed E-state index contributed by atoms with van der Waals surface area (Å²) in [5.74, 6) is 0.653. The van der Waals surface area contributed by atoms with Gasteiger partial charge in [-0.1, -0.05) is 37.6 Å². The Bertz CT molecular complexity index is 525. The van der Waals surface area contributed by atoms with Gasteiger partial charge in [-0.2, -0.15) is 0 Å². The number of unbranched alkanes of at least 4 members (excludes halogenated alkanes) is 1. The smallest absolute Gasteiger partial charge is 0.142 e. The van der Waals surface area contributed by atoms with Crippen LogP contribution in [0.4, 0.5) is 10.1 Å². The zero-order valence-electron chi connectivity index (χ0n) is 11.7. The summed E-state index contributed by atoms with van der Waals surface area (Å²) in [5, 5.41) is 3.33. The molecule has 0 aliphatic heterocycles.